The first-order valence-corrected chi connectivity index (χ1v) is 9.15. The van der Waals surface area contributed by atoms with Crippen LogP contribution >= 0.6 is 0 Å². The van der Waals surface area contributed by atoms with Crippen LogP contribution in [0.15, 0.2) is 71.5 Å². The minimum atomic E-state index is -0.164. The van der Waals surface area contributed by atoms with Gasteiger partial charge in [0.2, 0.25) is 11.5 Å². The summed E-state index contributed by atoms with van der Waals surface area (Å²) in [5.41, 5.74) is 5.45. The fourth-order valence-electron chi connectivity index (χ4n) is 3.51. The molecule has 4 aromatic rings. The molecule has 0 atom stereocenters. The van der Waals surface area contributed by atoms with Crippen molar-refractivity contribution < 1.29 is 4.79 Å². The number of aromatic amines is 1. The van der Waals surface area contributed by atoms with Crippen LogP contribution in [-0.2, 0) is 18.3 Å². The van der Waals surface area contributed by atoms with Crippen LogP contribution in [0.1, 0.15) is 11.4 Å². The first-order valence-electron chi connectivity index (χ1n) is 9.15. The monoisotopic (exact) mass is 371 g/mol. The van der Waals surface area contributed by atoms with Crippen molar-refractivity contribution in [3.8, 4) is 11.1 Å². The van der Waals surface area contributed by atoms with Gasteiger partial charge in [0.1, 0.15) is 0 Å². The van der Waals surface area contributed by atoms with E-state index in [1.54, 1.807) is 6.07 Å². The molecular weight excluding hydrogens is 350 g/mol. The number of carbonyl (C=O) groups is 1. The number of hydrogen-bond donors (Lipinski definition) is 2. The first kappa shape index (κ1) is 17.8. The quantitative estimate of drug-likeness (QED) is 0.569. The first-order chi connectivity index (χ1) is 13.5. The summed E-state index contributed by atoms with van der Waals surface area (Å²) in [5, 5.41) is 3.80. The van der Waals surface area contributed by atoms with E-state index < -0.39 is 0 Å². The molecule has 0 bridgehead atoms. The molecule has 0 radical (unpaired) electrons. The third-order valence-electron chi connectivity index (χ3n) is 5.05. The number of hydrogen-bond acceptors (Lipinski definition) is 2. The van der Waals surface area contributed by atoms with E-state index in [2.05, 4.69) is 33.1 Å². The lowest BCUT2D eigenvalue weighted by Gasteiger charge is -2.11. The number of fused-ring (bicyclic) bond motifs is 1. The molecule has 2 aromatic carbocycles. The van der Waals surface area contributed by atoms with Crippen LogP contribution in [0.2, 0.25) is 0 Å². The molecule has 0 saturated carbocycles. The number of benzene rings is 2. The summed E-state index contributed by atoms with van der Waals surface area (Å²) < 4.78 is 2.06. The highest BCUT2D eigenvalue weighted by molar-refractivity contribution is 6.01. The van der Waals surface area contributed by atoms with Crippen LogP contribution in [0.25, 0.3) is 22.0 Å². The summed E-state index contributed by atoms with van der Waals surface area (Å²) >= 11 is 0. The number of H-pyrrole nitrogens is 1. The zero-order chi connectivity index (χ0) is 19.7. The predicted molar refractivity (Wildman–Crippen MR) is 112 cm³/mol. The Hall–Kier alpha value is -3.60. The van der Waals surface area contributed by atoms with Crippen LogP contribution in [0.3, 0.4) is 0 Å². The Morgan fingerprint density at radius 1 is 1.04 bits per heavy atom. The highest BCUT2D eigenvalue weighted by atomic mass is 16.1. The molecule has 5 heteroatoms. The normalized spacial score (nSPS) is 10.9. The van der Waals surface area contributed by atoms with E-state index in [0.29, 0.717) is 11.2 Å². The highest BCUT2D eigenvalue weighted by Gasteiger charge is 2.16. The number of nitrogens with zero attached hydrogens (tertiary/aromatic N) is 1. The maximum Gasteiger partial charge on any atom is 0.248 e. The lowest BCUT2D eigenvalue weighted by Crippen LogP contribution is -2.17. The topological polar surface area (TPSA) is 66.9 Å². The van der Waals surface area contributed by atoms with Crippen molar-refractivity contribution >= 4 is 22.5 Å². The summed E-state index contributed by atoms with van der Waals surface area (Å²) in [6.45, 7) is 2.04. The molecule has 1 amide bonds. The average molecular weight is 371 g/mol. The van der Waals surface area contributed by atoms with Crippen molar-refractivity contribution in [2.24, 2.45) is 7.05 Å². The number of aryl methyl sites for hydroxylation is 1. The molecule has 0 spiro atoms. The van der Waals surface area contributed by atoms with E-state index >= 15 is 0 Å². The molecule has 0 fully saturated rings. The number of aromatic nitrogens is 2. The molecule has 28 heavy (non-hydrogen) atoms. The molecular formula is C23H21N3O2. The summed E-state index contributed by atoms with van der Waals surface area (Å²) in [5.74, 6) is -0.0999. The van der Waals surface area contributed by atoms with E-state index in [0.717, 1.165) is 27.9 Å². The van der Waals surface area contributed by atoms with Gasteiger partial charge in [-0.25, -0.2) is 0 Å². The minimum absolute atomic E-state index is 0.0999. The van der Waals surface area contributed by atoms with E-state index in [9.17, 15) is 9.59 Å². The summed E-state index contributed by atoms with van der Waals surface area (Å²) in [6.07, 6.45) is 0.258. The SMILES string of the molecule is Cc1cc(-c2ccccc2)c(CC(=O)Nc2cccc3[nH]c(=O)ccc23)n1C. The van der Waals surface area contributed by atoms with Gasteiger partial charge in [-0.2, -0.15) is 0 Å². The van der Waals surface area contributed by atoms with Crippen molar-refractivity contribution in [1.29, 1.82) is 0 Å². The van der Waals surface area contributed by atoms with Crippen molar-refractivity contribution in [1.82, 2.24) is 9.55 Å². The van der Waals surface area contributed by atoms with Crippen LogP contribution in [0.5, 0.6) is 0 Å². The Labute approximate surface area is 162 Å². The van der Waals surface area contributed by atoms with E-state index in [1.165, 1.54) is 6.07 Å². The van der Waals surface area contributed by atoms with Crippen LogP contribution in [0, 0.1) is 6.92 Å². The molecule has 2 heterocycles. The van der Waals surface area contributed by atoms with Crippen molar-refractivity contribution in [2.75, 3.05) is 5.32 Å². The second kappa shape index (κ2) is 7.19. The number of amides is 1. The van der Waals surface area contributed by atoms with E-state index in [1.807, 2.05) is 50.4 Å². The minimum Gasteiger partial charge on any atom is -0.351 e. The lowest BCUT2D eigenvalue weighted by atomic mass is 10.0. The fourth-order valence-corrected chi connectivity index (χ4v) is 3.51. The zero-order valence-electron chi connectivity index (χ0n) is 15.8. The standard InChI is InChI=1S/C23H21N3O2/c1-15-13-18(16-7-4-3-5-8-16)21(26(15)2)14-23(28)25-20-10-6-9-19-17(20)11-12-22(27)24-19/h3-13H,14H2,1-2H3,(H,24,27)(H,25,28). The fraction of sp³-hybridized carbons (Fsp3) is 0.130. The molecule has 0 aliphatic rings. The van der Waals surface area contributed by atoms with Crippen LogP contribution in [0.4, 0.5) is 5.69 Å². The highest BCUT2D eigenvalue weighted by Crippen LogP contribution is 2.28. The van der Waals surface area contributed by atoms with Crippen LogP contribution in [-0.4, -0.2) is 15.5 Å². The predicted octanol–water partition coefficient (Wildman–Crippen LogP) is 4.02. The number of carbonyl (C=O) groups excluding carboxylic acids is 1. The van der Waals surface area contributed by atoms with Gasteiger partial charge in [-0.05, 0) is 36.8 Å². The van der Waals surface area contributed by atoms with Crippen molar-refractivity contribution in [3.63, 3.8) is 0 Å². The summed E-state index contributed by atoms with van der Waals surface area (Å²) in [4.78, 5) is 27.2. The molecule has 140 valence electrons. The summed E-state index contributed by atoms with van der Waals surface area (Å²) in [7, 11) is 1.98. The van der Waals surface area contributed by atoms with E-state index in [4.69, 9.17) is 0 Å². The third-order valence-corrected chi connectivity index (χ3v) is 5.05. The Balaban J connectivity index is 1.65. The molecule has 0 unspecified atom stereocenters. The van der Waals surface area contributed by atoms with Gasteiger partial charge >= 0.3 is 0 Å². The third kappa shape index (κ3) is 3.34. The Morgan fingerprint density at radius 3 is 2.61 bits per heavy atom. The number of rotatable bonds is 4. The Morgan fingerprint density at radius 2 is 1.82 bits per heavy atom. The lowest BCUT2D eigenvalue weighted by molar-refractivity contribution is -0.115. The molecule has 0 aliphatic carbocycles. The summed E-state index contributed by atoms with van der Waals surface area (Å²) in [6, 6.07) is 20.9. The average Bonchev–Trinajstić information content (AvgIpc) is 2.97. The Bertz CT molecular complexity index is 1220. The van der Waals surface area contributed by atoms with Gasteiger partial charge in [0.25, 0.3) is 0 Å². The largest absolute Gasteiger partial charge is 0.351 e. The van der Waals surface area contributed by atoms with Gasteiger partial charge < -0.3 is 14.9 Å². The molecule has 5 nitrogen and oxygen atoms in total. The zero-order valence-corrected chi connectivity index (χ0v) is 15.8. The molecule has 2 aromatic heterocycles. The van der Waals surface area contributed by atoms with Gasteiger partial charge in [0.05, 0.1) is 17.6 Å². The maximum atomic E-state index is 12.8. The van der Waals surface area contributed by atoms with Gasteiger partial charge in [-0.1, -0.05) is 36.4 Å². The van der Waals surface area contributed by atoms with Gasteiger partial charge in [-0.15, -0.1) is 0 Å². The van der Waals surface area contributed by atoms with Gasteiger partial charge in [0, 0.05) is 35.5 Å². The van der Waals surface area contributed by atoms with E-state index in [-0.39, 0.29) is 17.9 Å². The molecule has 0 aliphatic heterocycles. The maximum absolute atomic E-state index is 12.8. The second-order valence-corrected chi connectivity index (χ2v) is 6.89. The van der Waals surface area contributed by atoms with Crippen molar-refractivity contribution in [2.45, 2.75) is 13.3 Å². The van der Waals surface area contributed by atoms with Gasteiger partial charge in [0.15, 0.2) is 0 Å². The second-order valence-electron chi connectivity index (χ2n) is 6.89. The number of anilines is 1. The molecule has 0 saturated heterocycles. The van der Waals surface area contributed by atoms with Crippen molar-refractivity contribution in [3.05, 3.63) is 88.5 Å². The van der Waals surface area contributed by atoms with Gasteiger partial charge in [-0.3, -0.25) is 9.59 Å². The number of nitrogens with one attached hydrogen (secondary N) is 2. The van der Waals surface area contributed by atoms with Crippen LogP contribution < -0.4 is 10.9 Å². The smallest absolute Gasteiger partial charge is 0.248 e. The molecule has 2 N–H and O–H groups in total. The molecule has 4 rings (SSSR count). The Kier molecular flexibility index (Phi) is 4.57. The number of pyridine rings is 1.